The Morgan fingerprint density at radius 3 is 2.58 bits per heavy atom. The number of aryl methyl sites for hydroxylation is 1. The van der Waals surface area contributed by atoms with Gasteiger partial charge in [0.25, 0.3) is 0 Å². The van der Waals surface area contributed by atoms with Crippen molar-refractivity contribution in [3.63, 3.8) is 0 Å². The van der Waals surface area contributed by atoms with Crippen LogP contribution in [0.5, 0.6) is 17.2 Å². The van der Waals surface area contributed by atoms with E-state index in [1.54, 1.807) is 13.2 Å². The standard InChI is InChI=1S/C29H30Cl2N2O3/c1-4-5-6-13-35-26-12-11-20(14-27(26)34-3)29-33-25(22-15-21(30)16-23(31)28(22)36-29)17-24(32-33)19-9-7-18(2)8-10-19/h7-12,14-16,25,29H,4-6,13,17H2,1-3H3/t25-,29-/m1/s1. The second kappa shape index (κ2) is 10.6. The molecule has 2 aliphatic heterocycles. The maximum Gasteiger partial charge on any atom is 0.214 e. The quantitative estimate of drug-likeness (QED) is 0.279. The van der Waals surface area contributed by atoms with Crippen molar-refractivity contribution < 1.29 is 14.2 Å². The highest BCUT2D eigenvalue weighted by Gasteiger charge is 2.42. The molecule has 0 unspecified atom stereocenters. The third kappa shape index (κ3) is 4.87. The van der Waals surface area contributed by atoms with Gasteiger partial charge in [0.15, 0.2) is 11.5 Å². The number of halogens is 2. The first-order valence-electron chi connectivity index (χ1n) is 12.4. The summed E-state index contributed by atoms with van der Waals surface area (Å²) in [6, 6.07) is 17.9. The predicted molar refractivity (Wildman–Crippen MR) is 145 cm³/mol. The van der Waals surface area contributed by atoms with Crippen molar-refractivity contribution in [2.75, 3.05) is 13.7 Å². The zero-order chi connectivity index (χ0) is 25.2. The molecule has 0 aromatic heterocycles. The van der Waals surface area contributed by atoms with E-state index in [4.69, 9.17) is 42.5 Å². The number of rotatable bonds is 8. The van der Waals surface area contributed by atoms with Gasteiger partial charge in [-0.15, -0.1) is 0 Å². The van der Waals surface area contributed by atoms with Gasteiger partial charge in [-0.2, -0.15) is 5.10 Å². The molecular weight excluding hydrogens is 495 g/mol. The van der Waals surface area contributed by atoms with Gasteiger partial charge in [-0.05, 0) is 49.2 Å². The Morgan fingerprint density at radius 2 is 1.83 bits per heavy atom. The number of benzene rings is 3. The van der Waals surface area contributed by atoms with Crippen LogP contribution >= 0.6 is 23.2 Å². The Morgan fingerprint density at radius 1 is 1.03 bits per heavy atom. The molecule has 2 heterocycles. The summed E-state index contributed by atoms with van der Waals surface area (Å²) in [6.07, 6.45) is 3.54. The van der Waals surface area contributed by atoms with Crippen LogP contribution in [0.25, 0.3) is 0 Å². The first-order chi connectivity index (χ1) is 17.5. The van der Waals surface area contributed by atoms with Crippen molar-refractivity contribution in [1.29, 1.82) is 0 Å². The van der Waals surface area contributed by atoms with E-state index >= 15 is 0 Å². The first-order valence-corrected chi connectivity index (χ1v) is 13.1. The molecule has 0 bridgehead atoms. The van der Waals surface area contributed by atoms with Gasteiger partial charge in [-0.1, -0.05) is 72.8 Å². The van der Waals surface area contributed by atoms with Crippen LogP contribution in [0.4, 0.5) is 0 Å². The fourth-order valence-corrected chi connectivity index (χ4v) is 5.30. The lowest BCUT2D eigenvalue weighted by Gasteiger charge is -2.38. The molecule has 0 aliphatic carbocycles. The van der Waals surface area contributed by atoms with Crippen molar-refractivity contribution in [3.8, 4) is 17.2 Å². The van der Waals surface area contributed by atoms with Gasteiger partial charge in [0, 0.05) is 22.6 Å². The van der Waals surface area contributed by atoms with Crippen LogP contribution in [0, 0.1) is 6.92 Å². The highest BCUT2D eigenvalue weighted by molar-refractivity contribution is 6.35. The number of ether oxygens (including phenoxy) is 3. The second-order valence-corrected chi connectivity index (χ2v) is 10.1. The van der Waals surface area contributed by atoms with Crippen molar-refractivity contribution in [2.24, 2.45) is 5.10 Å². The number of unbranched alkanes of at least 4 members (excludes halogenated alkanes) is 2. The SMILES string of the molecule is CCCCCOc1ccc([C@H]2Oc3c(Cl)cc(Cl)cc3[C@H]3CC(c4ccc(C)cc4)=NN32)cc1OC. The molecule has 0 spiro atoms. The molecule has 0 saturated carbocycles. The van der Waals surface area contributed by atoms with Crippen molar-refractivity contribution in [1.82, 2.24) is 5.01 Å². The monoisotopic (exact) mass is 524 g/mol. The van der Waals surface area contributed by atoms with Crippen LogP contribution < -0.4 is 14.2 Å². The molecule has 0 saturated heterocycles. The van der Waals surface area contributed by atoms with E-state index in [2.05, 4.69) is 38.1 Å². The zero-order valence-corrected chi connectivity index (χ0v) is 22.3. The van der Waals surface area contributed by atoms with E-state index in [-0.39, 0.29) is 6.04 Å². The maximum absolute atomic E-state index is 6.62. The summed E-state index contributed by atoms with van der Waals surface area (Å²) >= 11 is 13.0. The maximum atomic E-state index is 6.62. The molecule has 0 amide bonds. The highest BCUT2D eigenvalue weighted by Crippen LogP contribution is 2.51. The smallest absolute Gasteiger partial charge is 0.214 e. The number of nitrogens with zero attached hydrogens (tertiary/aromatic N) is 2. The molecule has 0 radical (unpaired) electrons. The average molecular weight is 525 g/mol. The summed E-state index contributed by atoms with van der Waals surface area (Å²) in [5, 5.41) is 8.13. The van der Waals surface area contributed by atoms with Crippen LogP contribution in [-0.2, 0) is 0 Å². The van der Waals surface area contributed by atoms with Gasteiger partial charge in [0.1, 0.15) is 5.75 Å². The first kappa shape index (κ1) is 24.8. The molecule has 3 aromatic carbocycles. The van der Waals surface area contributed by atoms with Crippen LogP contribution in [0.15, 0.2) is 59.7 Å². The molecule has 5 nitrogen and oxygen atoms in total. The second-order valence-electron chi connectivity index (χ2n) is 9.25. The molecule has 2 aliphatic rings. The molecule has 188 valence electrons. The molecule has 0 fully saturated rings. The third-order valence-corrected chi connectivity index (χ3v) is 7.17. The number of methoxy groups -OCH3 is 1. The topological polar surface area (TPSA) is 43.3 Å². The van der Waals surface area contributed by atoms with Crippen molar-refractivity contribution in [2.45, 2.75) is 51.8 Å². The van der Waals surface area contributed by atoms with Gasteiger partial charge in [-0.25, -0.2) is 5.01 Å². The van der Waals surface area contributed by atoms with Crippen LogP contribution in [0.3, 0.4) is 0 Å². The molecule has 36 heavy (non-hydrogen) atoms. The Balaban J connectivity index is 1.52. The molecule has 2 atom stereocenters. The van der Waals surface area contributed by atoms with E-state index in [1.165, 1.54) is 5.56 Å². The minimum Gasteiger partial charge on any atom is -0.493 e. The molecule has 7 heteroatoms. The summed E-state index contributed by atoms with van der Waals surface area (Å²) in [7, 11) is 1.65. The Kier molecular flexibility index (Phi) is 7.31. The number of hydrogen-bond acceptors (Lipinski definition) is 5. The summed E-state index contributed by atoms with van der Waals surface area (Å²) in [6.45, 7) is 4.92. The van der Waals surface area contributed by atoms with Gasteiger partial charge in [0.2, 0.25) is 6.23 Å². The number of hydrazone groups is 1. The highest BCUT2D eigenvalue weighted by atomic mass is 35.5. The number of fused-ring (bicyclic) bond motifs is 3. The average Bonchev–Trinajstić information content (AvgIpc) is 3.33. The van der Waals surface area contributed by atoms with E-state index in [9.17, 15) is 0 Å². The Bertz CT molecular complexity index is 1280. The minimum absolute atomic E-state index is 0.0535. The number of hydrogen-bond donors (Lipinski definition) is 0. The van der Waals surface area contributed by atoms with Gasteiger partial charge in [-0.3, -0.25) is 0 Å². The van der Waals surface area contributed by atoms with Gasteiger partial charge in [0.05, 0.1) is 30.5 Å². The van der Waals surface area contributed by atoms with Crippen LogP contribution in [0.2, 0.25) is 10.0 Å². The van der Waals surface area contributed by atoms with Crippen molar-refractivity contribution in [3.05, 3.63) is 86.9 Å². The van der Waals surface area contributed by atoms with E-state index in [1.807, 2.05) is 29.3 Å². The Labute approximate surface area is 222 Å². The van der Waals surface area contributed by atoms with E-state index in [0.29, 0.717) is 28.2 Å². The normalized spacial score (nSPS) is 18.2. The fraction of sp³-hybridized carbons (Fsp3) is 0.345. The summed E-state index contributed by atoms with van der Waals surface area (Å²) in [5.41, 5.74) is 5.15. The lowest BCUT2D eigenvalue weighted by Crippen LogP contribution is -2.33. The van der Waals surface area contributed by atoms with Crippen LogP contribution in [0.1, 0.15) is 67.1 Å². The predicted octanol–water partition coefficient (Wildman–Crippen LogP) is 8.12. The summed E-state index contributed by atoms with van der Waals surface area (Å²) in [5.74, 6) is 2.03. The molecular formula is C29H30Cl2N2O3. The van der Waals surface area contributed by atoms with Gasteiger partial charge >= 0.3 is 0 Å². The van der Waals surface area contributed by atoms with E-state index < -0.39 is 6.23 Å². The zero-order valence-electron chi connectivity index (χ0n) is 20.8. The molecule has 0 N–H and O–H groups in total. The third-order valence-electron chi connectivity index (χ3n) is 6.67. The molecule has 5 rings (SSSR count). The lowest BCUT2D eigenvalue weighted by atomic mass is 9.95. The van der Waals surface area contributed by atoms with Crippen LogP contribution in [-0.4, -0.2) is 24.4 Å². The summed E-state index contributed by atoms with van der Waals surface area (Å²) in [4.78, 5) is 0. The largest absolute Gasteiger partial charge is 0.493 e. The minimum atomic E-state index is -0.479. The Hall–Kier alpha value is -2.89. The van der Waals surface area contributed by atoms with E-state index in [0.717, 1.165) is 53.8 Å². The lowest BCUT2D eigenvalue weighted by molar-refractivity contribution is -0.0190. The fourth-order valence-electron chi connectivity index (χ4n) is 4.75. The van der Waals surface area contributed by atoms with Gasteiger partial charge < -0.3 is 14.2 Å². The summed E-state index contributed by atoms with van der Waals surface area (Å²) < 4.78 is 18.2. The van der Waals surface area contributed by atoms with Crippen molar-refractivity contribution >= 4 is 28.9 Å². The molecule has 3 aromatic rings.